The average Bonchev–Trinajstić information content (AvgIpc) is 2.80. The second-order valence-corrected chi connectivity index (χ2v) is 10.4. The minimum Gasteiger partial charge on any atom is -0.507 e. The number of phenolic OH excluding ortho intramolecular Hbond substituents is 1. The predicted molar refractivity (Wildman–Crippen MR) is 113 cm³/mol. The van der Waals surface area contributed by atoms with Crippen LogP contribution in [0.25, 0.3) is 0 Å². The van der Waals surface area contributed by atoms with Crippen molar-refractivity contribution in [1.29, 1.82) is 0 Å². The van der Waals surface area contributed by atoms with Crippen molar-refractivity contribution in [3.63, 3.8) is 0 Å². The molecule has 0 spiro atoms. The van der Waals surface area contributed by atoms with Gasteiger partial charge in [-0.3, -0.25) is 9.59 Å². The number of rotatable bonds is 4. The number of phenols is 1. The van der Waals surface area contributed by atoms with Gasteiger partial charge in [0.05, 0.1) is 11.6 Å². The molecule has 1 fully saturated rings. The molecule has 1 N–H and O–H groups in total. The second kappa shape index (κ2) is 7.82. The number of carbonyl (C=O) groups is 2. The van der Waals surface area contributed by atoms with E-state index in [0.29, 0.717) is 10.8 Å². The molecule has 1 amide bonds. The largest absolute Gasteiger partial charge is 0.507 e. The average molecular weight is 406 g/mol. The highest BCUT2D eigenvalue weighted by Crippen LogP contribution is 2.48. The lowest BCUT2D eigenvalue weighted by molar-refractivity contribution is -0.142. The number of carbonyl (C=O) groups excluding carboxylic acids is 2. The van der Waals surface area contributed by atoms with Crippen LogP contribution in [0.3, 0.4) is 0 Å². The summed E-state index contributed by atoms with van der Waals surface area (Å²) < 4.78 is 4.97. The highest BCUT2D eigenvalue weighted by atomic mass is 32.2. The van der Waals surface area contributed by atoms with E-state index in [-0.39, 0.29) is 35.9 Å². The van der Waals surface area contributed by atoms with Gasteiger partial charge in [0, 0.05) is 6.92 Å². The molecule has 1 saturated heterocycles. The Labute approximate surface area is 172 Å². The molecule has 28 heavy (non-hydrogen) atoms. The summed E-state index contributed by atoms with van der Waals surface area (Å²) >= 11 is 1.40. The Hall–Kier alpha value is -1.95. The normalized spacial score (nSPS) is 18.0. The van der Waals surface area contributed by atoms with Crippen LogP contribution in [0.1, 0.15) is 70.4 Å². The maximum atomic E-state index is 13.0. The van der Waals surface area contributed by atoms with Crippen LogP contribution in [0.15, 0.2) is 23.7 Å². The standard InChI is InChI=1S/C22H31NO4S/c1-13-23(9-10-27-14(2)24)20(26)19(28-13)15-11-16(21(3,4)5)18(25)17(12-15)22(6,7)8/h11-12,19,25H,1,9-10H2,2-8H3. The van der Waals surface area contributed by atoms with Gasteiger partial charge in [-0.1, -0.05) is 59.9 Å². The summed E-state index contributed by atoms with van der Waals surface area (Å²) in [6, 6.07) is 3.87. The van der Waals surface area contributed by atoms with Gasteiger partial charge < -0.3 is 14.7 Å². The molecule has 6 heteroatoms. The molecule has 1 aromatic rings. The molecule has 0 bridgehead atoms. The number of hydrogen-bond donors (Lipinski definition) is 1. The van der Waals surface area contributed by atoms with E-state index >= 15 is 0 Å². The van der Waals surface area contributed by atoms with Crippen molar-refractivity contribution in [2.24, 2.45) is 0 Å². The van der Waals surface area contributed by atoms with Crippen LogP contribution in [0.2, 0.25) is 0 Å². The van der Waals surface area contributed by atoms with E-state index in [9.17, 15) is 14.7 Å². The highest BCUT2D eigenvalue weighted by molar-refractivity contribution is 8.04. The van der Waals surface area contributed by atoms with Gasteiger partial charge in [-0.2, -0.15) is 0 Å². The summed E-state index contributed by atoms with van der Waals surface area (Å²) in [5.41, 5.74) is 1.98. The predicted octanol–water partition coefficient (Wildman–Crippen LogP) is 4.64. The first-order valence-corrected chi connectivity index (χ1v) is 10.3. The van der Waals surface area contributed by atoms with E-state index in [1.54, 1.807) is 4.90 Å². The molecule has 2 rings (SSSR count). The molecule has 1 aromatic carbocycles. The van der Waals surface area contributed by atoms with Crippen molar-refractivity contribution >= 4 is 23.6 Å². The Balaban J connectivity index is 2.43. The zero-order valence-corrected chi connectivity index (χ0v) is 18.7. The highest BCUT2D eigenvalue weighted by Gasteiger charge is 2.38. The molecule has 0 radical (unpaired) electrons. The number of amides is 1. The summed E-state index contributed by atoms with van der Waals surface area (Å²) in [5.74, 6) is -0.151. The third-order valence-electron chi connectivity index (χ3n) is 4.72. The van der Waals surface area contributed by atoms with E-state index in [0.717, 1.165) is 16.7 Å². The smallest absolute Gasteiger partial charge is 0.302 e. The fourth-order valence-corrected chi connectivity index (χ4v) is 4.27. The molecule has 5 nitrogen and oxygen atoms in total. The van der Waals surface area contributed by atoms with E-state index in [1.807, 2.05) is 53.7 Å². The third kappa shape index (κ3) is 4.72. The van der Waals surface area contributed by atoms with Gasteiger partial charge in [0.2, 0.25) is 5.91 Å². The van der Waals surface area contributed by atoms with E-state index in [1.165, 1.54) is 18.7 Å². The summed E-state index contributed by atoms with van der Waals surface area (Å²) in [5, 5.41) is 11.1. The zero-order chi connectivity index (χ0) is 21.4. The Bertz CT molecular complexity index is 767. The first-order chi connectivity index (χ1) is 12.7. The van der Waals surface area contributed by atoms with Crippen molar-refractivity contribution in [2.75, 3.05) is 13.2 Å². The summed E-state index contributed by atoms with van der Waals surface area (Å²) in [6.07, 6.45) is 0. The molecular formula is C22H31NO4S. The summed E-state index contributed by atoms with van der Waals surface area (Å²) in [4.78, 5) is 25.6. The van der Waals surface area contributed by atoms with Crippen molar-refractivity contribution < 1.29 is 19.4 Å². The van der Waals surface area contributed by atoms with Crippen LogP contribution in [-0.4, -0.2) is 35.0 Å². The quantitative estimate of drug-likeness (QED) is 0.739. The number of hydrogen-bond acceptors (Lipinski definition) is 5. The molecule has 1 atom stereocenters. The number of ether oxygens (including phenoxy) is 1. The van der Waals surface area contributed by atoms with Crippen molar-refractivity contribution in [1.82, 2.24) is 4.90 Å². The Morgan fingerprint density at radius 3 is 2.11 bits per heavy atom. The minimum atomic E-state index is -0.423. The van der Waals surface area contributed by atoms with Crippen molar-refractivity contribution in [3.05, 3.63) is 40.4 Å². The Morgan fingerprint density at radius 1 is 1.18 bits per heavy atom. The topological polar surface area (TPSA) is 66.8 Å². The monoisotopic (exact) mass is 405 g/mol. The van der Waals surface area contributed by atoms with E-state index in [4.69, 9.17) is 4.74 Å². The molecule has 1 aliphatic heterocycles. The lowest BCUT2D eigenvalue weighted by Crippen LogP contribution is -2.29. The van der Waals surface area contributed by atoms with Crippen LogP contribution in [0.4, 0.5) is 0 Å². The van der Waals surface area contributed by atoms with Crippen LogP contribution in [0, 0.1) is 0 Å². The molecule has 0 aliphatic carbocycles. The van der Waals surface area contributed by atoms with Gasteiger partial charge in [-0.25, -0.2) is 0 Å². The molecular weight excluding hydrogens is 374 g/mol. The van der Waals surface area contributed by atoms with Crippen molar-refractivity contribution in [3.8, 4) is 5.75 Å². The molecule has 1 unspecified atom stereocenters. The number of benzene rings is 1. The number of esters is 1. The fourth-order valence-electron chi connectivity index (χ4n) is 3.19. The maximum Gasteiger partial charge on any atom is 0.302 e. The van der Waals surface area contributed by atoms with Crippen LogP contribution in [0.5, 0.6) is 5.75 Å². The first kappa shape index (κ1) is 22.3. The molecule has 154 valence electrons. The lowest BCUT2D eigenvalue weighted by atomic mass is 9.78. The van der Waals surface area contributed by atoms with Gasteiger partial charge in [0.25, 0.3) is 0 Å². The van der Waals surface area contributed by atoms with Crippen LogP contribution in [-0.2, 0) is 25.2 Å². The number of thioether (sulfide) groups is 1. The van der Waals surface area contributed by atoms with Crippen molar-refractivity contribution in [2.45, 2.75) is 64.5 Å². The molecule has 1 aliphatic rings. The Morgan fingerprint density at radius 2 is 1.68 bits per heavy atom. The fraction of sp³-hybridized carbons (Fsp3) is 0.545. The maximum absolute atomic E-state index is 13.0. The zero-order valence-electron chi connectivity index (χ0n) is 17.9. The van der Waals surface area contributed by atoms with Gasteiger partial charge in [0.1, 0.15) is 17.6 Å². The SMILES string of the molecule is C=C1SC(c2cc(C(C)(C)C)c(O)c(C(C)(C)C)c2)C(=O)N1CCOC(C)=O. The van der Waals surface area contributed by atoms with Gasteiger partial charge in [-0.15, -0.1) is 0 Å². The summed E-state index contributed by atoms with van der Waals surface area (Å²) in [7, 11) is 0. The third-order valence-corrected chi connectivity index (χ3v) is 5.92. The summed E-state index contributed by atoms with van der Waals surface area (Å²) in [6.45, 7) is 18.1. The Kier molecular flexibility index (Phi) is 6.24. The molecule has 0 saturated carbocycles. The van der Waals surface area contributed by atoms with E-state index in [2.05, 4.69) is 6.58 Å². The number of aromatic hydroxyl groups is 1. The molecule has 0 aromatic heterocycles. The van der Waals surface area contributed by atoms with Gasteiger partial charge in [-0.05, 0) is 39.7 Å². The van der Waals surface area contributed by atoms with Crippen LogP contribution >= 0.6 is 11.8 Å². The van der Waals surface area contributed by atoms with Gasteiger partial charge >= 0.3 is 5.97 Å². The number of nitrogens with zero attached hydrogens (tertiary/aromatic N) is 1. The first-order valence-electron chi connectivity index (χ1n) is 9.41. The van der Waals surface area contributed by atoms with Crippen LogP contribution < -0.4 is 0 Å². The lowest BCUT2D eigenvalue weighted by Gasteiger charge is -2.29. The van der Waals surface area contributed by atoms with Gasteiger partial charge in [0.15, 0.2) is 0 Å². The molecule has 1 heterocycles. The second-order valence-electron chi connectivity index (χ2n) is 9.19. The van der Waals surface area contributed by atoms with E-state index < -0.39 is 5.25 Å². The minimum absolute atomic E-state index is 0.0763.